The van der Waals surface area contributed by atoms with Gasteiger partial charge in [-0.15, -0.1) is 0 Å². The molecular formula is C6H18O6P2Si. The summed E-state index contributed by atoms with van der Waals surface area (Å²) in [6.07, 6.45) is 0. The maximum atomic E-state index is 11.2. The Hall–Kier alpha value is 0.517. The van der Waals surface area contributed by atoms with E-state index in [1.54, 1.807) is 0 Å². The van der Waals surface area contributed by atoms with Gasteiger partial charge < -0.3 is 17.5 Å². The lowest BCUT2D eigenvalue weighted by Gasteiger charge is -2.26. The van der Waals surface area contributed by atoms with Gasteiger partial charge >= 0.3 is 25.1 Å². The third-order valence-corrected chi connectivity index (χ3v) is 9.08. The van der Waals surface area contributed by atoms with Gasteiger partial charge in [-0.25, -0.2) is 0 Å². The van der Waals surface area contributed by atoms with E-state index in [9.17, 15) is 9.13 Å². The van der Waals surface area contributed by atoms with Gasteiger partial charge in [0.2, 0.25) is 0 Å². The molecule has 0 aromatic heterocycles. The van der Waals surface area contributed by atoms with E-state index >= 15 is 0 Å². The fourth-order valence-corrected chi connectivity index (χ4v) is 7.39. The Bertz CT molecular complexity index is 212. The Morgan fingerprint density at radius 1 is 0.933 bits per heavy atom. The summed E-state index contributed by atoms with van der Waals surface area (Å²) < 4.78 is 42.0. The molecule has 9 heteroatoms. The molecule has 0 saturated carbocycles. The second kappa shape index (κ2) is 7.74. The molecule has 2 unspecified atom stereocenters. The molecule has 2 atom stereocenters. The second-order valence-electron chi connectivity index (χ2n) is 2.73. The zero-order chi connectivity index (χ0) is 11.9. The van der Waals surface area contributed by atoms with E-state index in [0.29, 0.717) is 12.1 Å². The molecule has 0 fully saturated rings. The Balaban J connectivity index is 4.56. The van der Waals surface area contributed by atoms with Crippen molar-refractivity contribution in [3.63, 3.8) is 0 Å². The molecule has 0 saturated heterocycles. The fourth-order valence-electron chi connectivity index (χ4n) is 0.947. The SMILES string of the molecule is CC[Si](CC)(O[PH](=O)OC)O[PH](=O)OC. The zero-order valence-electron chi connectivity index (χ0n) is 9.36. The second-order valence-corrected chi connectivity index (χ2v) is 9.42. The van der Waals surface area contributed by atoms with E-state index < -0.39 is 25.1 Å². The summed E-state index contributed by atoms with van der Waals surface area (Å²) in [5.41, 5.74) is 0. The molecule has 15 heavy (non-hydrogen) atoms. The van der Waals surface area contributed by atoms with Crippen LogP contribution in [0.15, 0.2) is 0 Å². The van der Waals surface area contributed by atoms with Crippen molar-refractivity contribution in [2.24, 2.45) is 0 Å². The zero-order valence-corrected chi connectivity index (χ0v) is 12.4. The molecule has 0 bridgehead atoms. The minimum atomic E-state index is -2.70. The maximum Gasteiger partial charge on any atom is 0.353 e. The summed E-state index contributed by atoms with van der Waals surface area (Å²) in [5, 5.41) is 0. The minimum absolute atomic E-state index is 0.545. The molecule has 0 heterocycles. The van der Waals surface area contributed by atoms with Crippen molar-refractivity contribution in [3.8, 4) is 0 Å². The lowest BCUT2D eigenvalue weighted by atomic mass is 10.9. The van der Waals surface area contributed by atoms with Gasteiger partial charge in [-0.05, 0) is 12.1 Å². The molecule has 0 rings (SSSR count). The van der Waals surface area contributed by atoms with Crippen molar-refractivity contribution in [1.29, 1.82) is 0 Å². The van der Waals surface area contributed by atoms with Crippen molar-refractivity contribution in [1.82, 2.24) is 0 Å². The van der Waals surface area contributed by atoms with Crippen LogP contribution in [0, 0.1) is 0 Å². The van der Waals surface area contributed by atoms with Crippen LogP contribution >= 0.6 is 16.5 Å². The molecule has 0 N–H and O–H groups in total. The third-order valence-electron chi connectivity index (χ3n) is 1.95. The normalized spacial score (nSPS) is 16.3. The number of hydrogen-bond acceptors (Lipinski definition) is 6. The van der Waals surface area contributed by atoms with Gasteiger partial charge in [-0.1, -0.05) is 13.8 Å². The van der Waals surface area contributed by atoms with Crippen molar-refractivity contribution in [2.45, 2.75) is 25.9 Å². The lowest BCUT2D eigenvalue weighted by Crippen LogP contribution is -2.36. The number of rotatable bonds is 8. The van der Waals surface area contributed by atoms with Gasteiger partial charge in [-0.2, -0.15) is 0 Å². The van der Waals surface area contributed by atoms with Gasteiger partial charge in [0.15, 0.2) is 0 Å². The van der Waals surface area contributed by atoms with Crippen LogP contribution in [0.25, 0.3) is 0 Å². The summed E-state index contributed by atoms with van der Waals surface area (Å²) >= 11 is 0. The van der Waals surface area contributed by atoms with Gasteiger partial charge in [0.1, 0.15) is 0 Å². The van der Waals surface area contributed by atoms with Crippen LogP contribution in [-0.4, -0.2) is 22.8 Å². The Morgan fingerprint density at radius 2 is 1.27 bits per heavy atom. The van der Waals surface area contributed by atoms with Crippen LogP contribution < -0.4 is 0 Å². The molecule has 0 aromatic rings. The highest BCUT2D eigenvalue weighted by molar-refractivity contribution is 7.38. The summed E-state index contributed by atoms with van der Waals surface area (Å²) in [7, 11) is -5.21. The van der Waals surface area contributed by atoms with Gasteiger partial charge in [-0.3, -0.25) is 9.13 Å². The van der Waals surface area contributed by atoms with E-state index in [2.05, 4.69) is 9.05 Å². The van der Waals surface area contributed by atoms with Gasteiger partial charge in [0.05, 0.1) is 0 Å². The maximum absolute atomic E-state index is 11.2. The molecule has 0 radical (unpaired) electrons. The molecule has 0 aliphatic carbocycles. The quantitative estimate of drug-likeness (QED) is 0.501. The highest BCUT2D eigenvalue weighted by Crippen LogP contribution is 2.39. The topological polar surface area (TPSA) is 71.1 Å². The average Bonchev–Trinajstić information content (AvgIpc) is 2.27. The van der Waals surface area contributed by atoms with Crippen molar-refractivity contribution in [3.05, 3.63) is 0 Å². The third kappa shape index (κ3) is 5.40. The standard InChI is InChI=1S/C6H18O6P2Si/c1-5-15(6-2,11-13(7)9-3)12-14(8)10-4/h13-14H,5-6H2,1-4H3. The van der Waals surface area contributed by atoms with Crippen molar-refractivity contribution >= 4 is 25.1 Å². The smallest absolute Gasteiger partial charge is 0.325 e. The molecule has 92 valence electrons. The molecule has 0 aliphatic heterocycles. The first-order valence-electron chi connectivity index (χ1n) is 4.57. The highest BCUT2D eigenvalue weighted by atomic mass is 31.1. The van der Waals surface area contributed by atoms with Crippen LogP contribution in [0.1, 0.15) is 13.8 Å². The fraction of sp³-hybridized carbons (Fsp3) is 1.00. The van der Waals surface area contributed by atoms with Crippen LogP contribution in [0.3, 0.4) is 0 Å². The summed E-state index contributed by atoms with van der Waals surface area (Å²) in [4.78, 5) is 0. The lowest BCUT2D eigenvalue weighted by molar-refractivity contribution is 0.288. The van der Waals surface area contributed by atoms with Crippen molar-refractivity contribution in [2.75, 3.05) is 14.2 Å². The summed E-state index contributed by atoms with van der Waals surface area (Å²) in [5.74, 6) is 0. The molecular weight excluding hydrogens is 258 g/mol. The Labute approximate surface area is 92.4 Å². The first kappa shape index (κ1) is 15.5. The van der Waals surface area contributed by atoms with E-state index in [1.807, 2.05) is 13.8 Å². The van der Waals surface area contributed by atoms with E-state index in [0.717, 1.165) is 0 Å². The summed E-state index contributed by atoms with van der Waals surface area (Å²) in [6, 6.07) is 1.09. The average molecular weight is 276 g/mol. The number of hydrogen-bond donors (Lipinski definition) is 0. The predicted molar refractivity (Wildman–Crippen MR) is 60.9 cm³/mol. The highest BCUT2D eigenvalue weighted by Gasteiger charge is 2.38. The predicted octanol–water partition coefficient (Wildman–Crippen LogP) is 2.57. The molecule has 0 aromatic carbocycles. The molecule has 0 spiro atoms. The van der Waals surface area contributed by atoms with E-state index in [1.165, 1.54) is 14.2 Å². The Morgan fingerprint density at radius 3 is 1.47 bits per heavy atom. The van der Waals surface area contributed by atoms with Crippen LogP contribution in [0.4, 0.5) is 0 Å². The van der Waals surface area contributed by atoms with Crippen LogP contribution in [-0.2, 0) is 26.6 Å². The van der Waals surface area contributed by atoms with Crippen LogP contribution in [0.2, 0.25) is 12.1 Å². The first-order valence-corrected chi connectivity index (χ1v) is 9.25. The van der Waals surface area contributed by atoms with Gasteiger partial charge in [0.25, 0.3) is 0 Å². The molecule has 0 amide bonds. The van der Waals surface area contributed by atoms with Crippen molar-refractivity contribution < 1.29 is 26.6 Å². The minimum Gasteiger partial charge on any atom is -0.325 e. The largest absolute Gasteiger partial charge is 0.353 e. The molecule has 6 nitrogen and oxygen atoms in total. The van der Waals surface area contributed by atoms with Crippen LogP contribution in [0.5, 0.6) is 0 Å². The van der Waals surface area contributed by atoms with E-state index in [-0.39, 0.29) is 0 Å². The Kier molecular flexibility index (Phi) is 8.00. The summed E-state index contributed by atoms with van der Waals surface area (Å²) in [6.45, 7) is 3.68. The first-order chi connectivity index (χ1) is 7.03. The van der Waals surface area contributed by atoms with Gasteiger partial charge in [0, 0.05) is 14.2 Å². The van der Waals surface area contributed by atoms with E-state index in [4.69, 9.17) is 8.43 Å². The monoisotopic (exact) mass is 276 g/mol. The molecule has 0 aliphatic rings.